The fourth-order valence-electron chi connectivity index (χ4n) is 2.85. The number of hydrogen-bond acceptors (Lipinski definition) is 5. The molecule has 3 aromatic rings. The SMILES string of the molecule is Cc1nc2nc(C(F)(F)F)nn2c(C)c1CCC(=O)N[C@@H](C)c1ccco1. The molecule has 3 rings (SSSR count). The van der Waals surface area contributed by atoms with Crippen LogP contribution in [0.1, 0.15) is 47.9 Å². The molecule has 0 fully saturated rings. The smallest absolute Gasteiger partial charge is 0.453 e. The lowest BCUT2D eigenvalue weighted by Crippen LogP contribution is -2.26. The van der Waals surface area contributed by atoms with E-state index in [1.54, 1.807) is 32.9 Å². The molecule has 1 amide bonds. The van der Waals surface area contributed by atoms with Crippen LogP contribution < -0.4 is 5.32 Å². The van der Waals surface area contributed by atoms with Gasteiger partial charge in [-0.1, -0.05) is 0 Å². The molecule has 0 aliphatic heterocycles. The molecule has 144 valence electrons. The zero-order valence-electron chi connectivity index (χ0n) is 15.0. The Morgan fingerprint density at radius 1 is 1.33 bits per heavy atom. The Balaban J connectivity index is 1.75. The van der Waals surface area contributed by atoms with Gasteiger partial charge in [0.25, 0.3) is 11.6 Å². The number of hydrogen-bond donors (Lipinski definition) is 1. The minimum Gasteiger partial charge on any atom is -0.467 e. The number of nitrogens with one attached hydrogen (secondary N) is 1. The summed E-state index contributed by atoms with van der Waals surface area (Å²) in [5.74, 6) is -0.912. The number of aryl methyl sites for hydroxylation is 2. The van der Waals surface area contributed by atoms with E-state index in [9.17, 15) is 18.0 Å². The fraction of sp³-hybridized carbons (Fsp3) is 0.412. The highest BCUT2D eigenvalue weighted by atomic mass is 19.4. The van der Waals surface area contributed by atoms with E-state index in [2.05, 4.69) is 20.4 Å². The van der Waals surface area contributed by atoms with Crippen LogP contribution in [0.5, 0.6) is 0 Å². The van der Waals surface area contributed by atoms with Gasteiger partial charge in [0.1, 0.15) is 5.76 Å². The van der Waals surface area contributed by atoms with E-state index in [1.165, 1.54) is 6.26 Å². The van der Waals surface area contributed by atoms with Crippen molar-refractivity contribution in [2.75, 3.05) is 0 Å². The summed E-state index contributed by atoms with van der Waals surface area (Å²) in [5.41, 5.74) is 1.67. The number of amides is 1. The number of aromatic nitrogens is 4. The molecule has 0 aliphatic rings. The Morgan fingerprint density at radius 3 is 2.70 bits per heavy atom. The second-order valence-electron chi connectivity index (χ2n) is 6.21. The summed E-state index contributed by atoms with van der Waals surface area (Å²) in [4.78, 5) is 19.7. The average molecular weight is 381 g/mol. The third-order valence-corrected chi connectivity index (χ3v) is 4.25. The van der Waals surface area contributed by atoms with Crippen LogP contribution in [0, 0.1) is 13.8 Å². The zero-order chi connectivity index (χ0) is 19.8. The molecule has 0 radical (unpaired) electrons. The van der Waals surface area contributed by atoms with Gasteiger partial charge in [0, 0.05) is 17.8 Å². The molecule has 1 N–H and O–H groups in total. The molecule has 0 bridgehead atoms. The van der Waals surface area contributed by atoms with Gasteiger partial charge in [-0.15, -0.1) is 5.10 Å². The summed E-state index contributed by atoms with van der Waals surface area (Å²) in [5, 5.41) is 6.32. The van der Waals surface area contributed by atoms with E-state index in [1.807, 2.05) is 0 Å². The first kappa shape index (κ1) is 18.9. The minimum atomic E-state index is -4.64. The monoisotopic (exact) mass is 381 g/mol. The number of rotatable bonds is 5. The van der Waals surface area contributed by atoms with Gasteiger partial charge in [-0.2, -0.15) is 18.2 Å². The highest BCUT2D eigenvalue weighted by molar-refractivity contribution is 5.76. The van der Waals surface area contributed by atoms with Crippen molar-refractivity contribution < 1.29 is 22.4 Å². The van der Waals surface area contributed by atoms with E-state index < -0.39 is 12.0 Å². The van der Waals surface area contributed by atoms with Crippen LogP contribution in [-0.2, 0) is 17.4 Å². The van der Waals surface area contributed by atoms with Crippen molar-refractivity contribution in [2.45, 2.75) is 45.8 Å². The van der Waals surface area contributed by atoms with Crippen LogP contribution in [0.15, 0.2) is 22.8 Å². The number of carbonyl (C=O) groups is 1. The van der Waals surface area contributed by atoms with Crippen molar-refractivity contribution in [3.05, 3.63) is 46.9 Å². The Morgan fingerprint density at radius 2 is 2.07 bits per heavy atom. The van der Waals surface area contributed by atoms with Crippen LogP contribution in [-0.4, -0.2) is 25.5 Å². The zero-order valence-corrected chi connectivity index (χ0v) is 15.0. The molecule has 7 nitrogen and oxygen atoms in total. The standard InChI is InChI=1S/C17H18F3N5O2/c1-9-12(6-7-14(26)21-10(2)13-5-4-8-27-13)11(3)25-16(22-9)23-15(24-25)17(18,19)20/h4-5,8,10H,6-7H2,1-3H3,(H,21,26)/t10-/m0/s1. The Bertz CT molecular complexity index is 963. The van der Waals surface area contributed by atoms with Crippen LogP contribution in [0.3, 0.4) is 0 Å². The van der Waals surface area contributed by atoms with Gasteiger partial charge >= 0.3 is 6.18 Å². The quantitative estimate of drug-likeness (QED) is 0.734. The first-order chi connectivity index (χ1) is 12.7. The molecule has 3 aromatic heterocycles. The highest BCUT2D eigenvalue weighted by Gasteiger charge is 2.37. The van der Waals surface area contributed by atoms with Crippen molar-refractivity contribution >= 4 is 11.7 Å². The van der Waals surface area contributed by atoms with Gasteiger partial charge in [0.2, 0.25) is 5.91 Å². The summed E-state index contributed by atoms with van der Waals surface area (Å²) >= 11 is 0. The van der Waals surface area contributed by atoms with Gasteiger partial charge < -0.3 is 9.73 Å². The highest BCUT2D eigenvalue weighted by Crippen LogP contribution is 2.27. The average Bonchev–Trinajstić information content (AvgIpc) is 3.23. The Hall–Kier alpha value is -2.91. The maximum absolute atomic E-state index is 12.8. The maximum Gasteiger partial charge on any atom is 0.453 e. The van der Waals surface area contributed by atoms with Crippen LogP contribution in [0.25, 0.3) is 5.78 Å². The molecular weight excluding hydrogens is 363 g/mol. The number of alkyl halides is 3. The van der Waals surface area contributed by atoms with Crippen molar-refractivity contribution in [2.24, 2.45) is 0 Å². The van der Waals surface area contributed by atoms with Crippen molar-refractivity contribution in [1.29, 1.82) is 0 Å². The molecule has 0 spiro atoms. The van der Waals surface area contributed by atoms with E-state index >= 15 is 0 Å². The topological polar surface area (TPSA) is 85.3 Å². The van der Waals surface area contributed by atoms with Crippen molar-refractivity contribution in [3.8, 4) is 0 Å². The van der Waals surface area contributed by atoms with Crippen LogP contribution >= 0.6 is 0 Å². The molecule has 0 aliphatic carbocycles. The summed E-state index contributed by atoms with van der Waals surface area (Å²) < 4.78 is 44.8. The van der Waals surface area contributed by atoms with Gasteiger partial charge in [-0.05, 0) is 44.9 Å². The van der Waals surface area contributed by atoms with E-state index in [0.29, 0.717) is 29.1 Å². The predicted molar refractivity (Wildman–Crippen MR) is 88.8 cm³/mol. The number of carbonyl (C=O) groups excluding carboxylic acids is 1. The molecule has 0 saturated carbocycles. The summed E-state index contributed by atoms with van der Waals surface area (Å²) in [7, 11) is 0. The van der Waals surface area contributed by atoms with E-state index in [0.717, 1.165) is 4.52 Å². The Kier molecular flexibility index (Phi) is 4.90. The number of fused-ring (bicyclic) bond motifs is 1. The first-order valence-electron chi connectivity index (χ1n) is 8.29. The lowest BCUT2D eigenvalue weighted by Gasteiger charge is -2.13. The van der Waals surface area contributed by atoms with Crippen molar-refractivity contribution in [3.63, 3.8) is 0 Å². The molecule has 0 aromatic carbocycles. The molecule has 1 atom stereocenters. The number of furan rings is 1. The van der Waals surface area contributed by atoms with E-state index in [4.69, 9.17) is 4.42 Å². The maximum atomic E-state index is 12.8. The van der Waals surface area contributed by atoms with Gasteiger partial charge in [-0.25, -0.2) is 9.50 Å². The molecule has 10 heteroatoms. The fourth-order valence-corrected chi connectivity index (χ4v) is 2.85. The van der Waals surface area contributed by atoms with Crippen molar-refractivity contribution in [1.82, 2.24) is 24.9 Å². The molecular formula is C17H18F3N5O2. The Labute approximate surface area is 152 Å². The lowest BCUT2D eigenvalue weighted by atomic mass is 10.1. The number of halogens is 3. The molecule has 0 unspecified atom stereocenters. The predicted octanol–water partition coefficient (Wildman–Crippen LogP) is 3.16. The summed E-state index contributed by atoms with van der Waals surface area (Å²) in [6.07, 6.45) is -2.64. The molecule has 3 heterocycles. The summed E-state index contributed by atoms with van der Waals surface area (Å²) in [6, 6.07) is 3.22. The summed E-state index contributed by atoms with van der Waals surface area (Å²) in [6.45, 7) is 5.11. The second-order valence-corrected chi connectivity index (χ2v) is 6.21. The minimum absolute atomic E-state index is 0.114. The van der Waals surface area contributed by atoms with Gasteiger partial charge in [0.05, 0.1) is 12.3 Å². The second kappa shape index (κ2) is 7.01. The first-order valence-corrected chi connectivity index (χ1v) is 8.29. The normalized spacial score (nSPS) is 13.1. The largest absolute Gasteiger partial charge is 0.467 e. The molecule has 27 heavy (non-hydrogen) atoms. The molecule has 0 saturated heterocycles. The van der Waals surface area contributed by atoms with E-state index in [-0.39, 0.29) is 24.1 Å². The third kappa shape index (κ3) is 3.93. The third-order valence-electron chi connectivity index (χ3n) is 4.25. The van der Waals surface area contributed by atoms with Gasteiger partial charge in [-0.3, -0.25) is 4.79 Å². The van der Waals surface area contributed by atoms with Crippen LogP contribution in [0.4, 0.5) is 13.2 Å². The lowest BCUT2D eigenvalue weighted by molar-refractivity contribution is -0.144. The van der Waals surface area contributed by atoms with Crippen LogP contribution in [0.2, 0.25) is 0 Å². The number of nitrogens with zero attached hydrogens (tertiary/aromatic N) is 4. The van der Waals surface area contributed by atoms with Gasteiger partial charge in [0.15, 0.2) is 0 Å².